The van der Waals surface area contributed by atoms with Crippen LogP contribution in [0.15, 0.2) is 28.7 Å². The molecule has 3 rings (SSSR count). The first-order valence-electron chi connectivity index (χ1n) is 7.80. The zero-order chi connectivity index (χ0) is 16.0. The van der Waals surface area contributed by atoms with Crippen molar-refractivity contribution in [2.75, 3.05) is 6.61 Å². The molecular weight excluding hydrogens is 344 g/mol. The molecule has 0 aromatic heterocycles. The number of nitrogens with two attached hydrogens (primary N) is 1. The Labute approximate surface area is 139 Å². The zero-order valence-electron chi connectivity index (χ0n) is 13.1. The molecule has 1 aromatic rings. The van der Waals surface area contributed by atoms with E-state index in [1.807, 2.05) is 38.1 Å². The van der Waals surface area contributed by atoms with Gasteiger partial charge in [-0.25, -0.2) is 0 Å². The van der Waals surface area contributed by atoms with Gasteiger partial charge in [-0.15, -0.1) is 0 Å². The van der Waals surface area contributed by atoms with E-state index in [0.29, 0.717) is 6.54 Å². The van der Waals surface area contributed by atoms with Gasteiger partial charge in [0.25, 0.3) is 0 Å². The maximum Gasteiger partial charge on any atom is 0.241 e. The van der Waals surface area contributed by atoms with Crippen molar-refractivity contribution in [1.82, 2.24) is 5.32 Å². The lowest BCUT2D eigenvalue weighted by Crippen LogP contribution is -2.82. The van der Waals surface area contributed by atoms with E-state index < -0.39 is 5.54 Å². The quantitative estimate of drug-likeness (QED) is 0.863. The molecule has 1 saturated heterocycles. The van der Waals surface area contributed by atoms with Gasteiger partial charge in [-0.1, -0.05) is 41.9 Å². The van der Waals surface area contributed by atoms with Crippen LogP contribution in [0.5, 0.6) is 0 Å². The van der Waals surface area contributed by atoms with E-state index in [-0.39, 0.29) is 23.3 Å². The summed E-state index contributed by atoms with van der Waals surface area (Å²) < 4.78 is 6.86. The first-order valence-corrected chi connectivity index (χ1v) is 8.60. The number of halogens is 1. The predicted octanol–water partition coefficient (Wildman–Crippen LogP) is 2.60. The lowest BCUT2D eigenvalue weighted by molar-refractivity contribution is -0.225. The summed E-state index contributed by atoms with van der Waals surface area (Å²) >= 11 is 3.44. The molecule has 1 aliphatic heterocycles. The summed E-state index contributed by atoms with van der Waals surface area (Å²) in [7, 11) is 0. The van der Waals surface area contributed by atoms with E-state index in [4.69, 9.17) is 10.5 Å². The topological polar surface area (TPSA) is 64.3 Å². The molecule has 3 atom stereocenters. The molecule has 0 spiro atoms. The molecule has 1 aromatic carbocycles. The van der Waals surface area contributed by atoms with Crippen molar-refractivity contribution in [3.05, 3.63) is 34.3 Å². The predicted molar refractivity (Wildman–Crippen MR) is 89.2 cm³/mol. The summed E-state index contributed by atoms with van der Waals surface area (Å²) in [5, 5.41) is 3.02. The standard InChI is InChI=1S/C17H23BrN2O2/c1-16(2)14-13(7-4-8-22-14)17(16,19)15(21)20-10-11-5-3-6-12(18)9-11/h3,5-6,9,13-14H,4,7-8,10,19H2,1-2H3,(H,20,21). The third kappa shape index (κ3) is 2.30. The Hall–Kier alpha value is -0.910. The molecule has 2 fully saturated rings. The van der Waals surface area contributed by atoms with Crippen LogP contribution in [0.25, 0.3) is 0 Å². The molecular formula is C17H23BrN2O2. The number of fused-ring (bicyclic) bond motifs is 1. The SMILES string of the molecule is CC1(C)C2OCCCC2C1(N)C(=O)NCc1cccc(Br)c1. The summed E-state index contributed by atoms with van der Waals surface area (Å²) in [6.07, 6.45) is 2.05. The van der Waals surface area contributed by atoms with Crippen LogP contribution in [0.2, 0.25) is 0 Å². The highest BCUT2D eigenvalue weighted by Gasteiger charge is 2.70. The molecule has 5 heteroatoms. The zero-order valence-corrected chi connectivity index (χ0v) is 14.7. The smallest absolute Gasteiger partial charge is 0.241 e. The van der Waals surface area contributed by atoms with Crippen molar-refractivity contribution >= 4 is 21.8 Å². The van der Waals surface area contributed by atoms with E-state index in [1.54, 1.807) is 0 Å². The van der Waals surface area contributed by atoms with E-state index in [2.05, 4.69) is 21.2 Å². The van der Waals surface area contributed by atoms with Gasteiger partial charge < -0.3 is 15.8 Å². The Kier molecular flexibility index (Phi) is 4.08. The Morgan fingerprint density at radius 1 is 1.50 bits per heavy atom. The second-order valence-electron chi connectivity index (χ2n) is 6.94. The van der Waals surface area contributed by atoms with Crippen LogP contribution in [0.3, 0.4) is 0 Å². The number of hydrogen-bond acceptors (Lipinski definition) is 3. The third-order valence-electron chi connectivity index (χ3n) is 5.40. The van der Waals surface area contributed by atoms with Crippen LogP contribution in [0, 0.1) is 11.3 Å². The van der Waals surface area contributed by atoms with Crippen molar-refractivity contribution in [2.24, 2.45) is 17.1 Å². The minimum Gasteiger partial charge on any atom is -0.377 e. The van der Waals surface area contributed by atoms with Crippen LogP contribution in [0.4, 0.5) is 0 Å². The number of nitrogens with one attached hydrogen (secondary N) is 1. The molecule has 1 amide bonds. The van der Waals surface area contributed by atoms with E-state index in [0.717, 1.165) is 29.5 Å². The Bertz CT molecular complexity index is 590. The molecule has 22 heavy (non-hydrogen) atoms. The van der Waals surface area contributed by atoms with Crippen molar-refractivity contribution in [1.29, 1.82) is 0 Å². The van der Waals surface area contributed by atoms with Gasteiger partial charge in [0.2, 0.25) is 5.91 Å². The van der Waals surface area contributed by atoms with Gasteiger partial charge in [0.1, 0.15) is 5.54 Å². The molecule has 1 aliphatic carbocycles. The summed E-state index contributed by atoms with van der Waals surface area (Å²) in [5.74, 6) is 0.0583. The van der Waals surface area contributed by atoms with Crippen LogP contribution in [0.1, 0.15) is 32.3 Å². The molecule has 2 aliphatic rings. The minimum atomic E-state index is -0.843. The highest BCUT2D eigenvalue weighted by molar-refractivity contribution is 9.10. The van der Waals surface area contributed by atoms with Gasteiger partial charge in [-0.3, -0.25) is 4.79 Å². The number of ether oxygens (including phenoxy) is 1. The molecule has 3 unspecified atom stereocenters. The van der Waals surface area contributed by atoms with Gasteiger partial charge in [0, 0.05) is 29.0 Å². The van der Waals surface area contributed by atoms with Crippen LogP contribution in [-0.4, -0.2) is 24.2 Å². The number of rotatable bonds is 3. The summed E-state index contributed by atoms with van der Waals surface area (Å²) in [6, 6.07) is 7.92. The highest BCUT2D eigenvalue weighted by Crippen LogP contribution is 2.57. The van der Waals surface area contributed by atoms with Crippen LogP contribution >= 0.6 is 15.9 Å². The molecule has 1 heterocycles. The van der Waals surface area contributed by atoms with Gasteiger partial charge in [0.15, 0.2) is 0 Å². The van der Waals surface area contributed by atoms with Gasteiger partial charge in [-0.2, -0.15) is 0 Å². The molecule has 0 radical (unpaired) electrons. The number of benzene rings is 1. The van der Waals surface area contributed by atoms with Gasteiger partial charge >= 0.3 is 0 Å². The average Bonchev–Trinajstić information content (AvgIpc) is 2.51. The minimum absolute atomic E-state index is 0.0655. The Balaban J connectivity index is 1.71. The lowest BCUT2D eigenvalue weighted by Gasteiger charge is -2.65. The van der Waals surface area contributed by atoms with Crippen molar-refractivity contribution in [3.8, 4) is 0 Å². The normalized spacial score (nSPS) is 32.7. The Morgan fingerprint density at radius 3 is 3.00 bits per heavy atom. The maximum absolute atomic E-state index is 12.8. The highest BCUT2D eigenvalue weighted by atomic mass is 79.9. The van der Waals surface area contributed by atoms with E-state index in [9.17, 15) is 4.79 Å². The fraction of sp³-hybridized carbons (Fsp3) is 0.588. The van der Waals surface area contributed by atoms with Crippen LogP contribution in [-0.2, 0) is 16.1 Å². The summed E-state index contributed by atoms with van der Waals surface area (Å²) in [5.41, 5.74) is 6.45. The molecule has 3 N–H and O–H groups in total. The van der Waals surface area contributed by atoms with Gasteiger partial charge in [-0.05, 0) is 30.5 Å². The van der Waals surface area contributed by atoms with Crippen molar-refractivity contribution in [2.45, 2.75) is 44.9 Å². The van der Waals surface area contributed by atoms with E-state index in [1.165, 1.54) is 0 Å². The maximum atomic E-state index is 12.8. The number of carbonyl (C=O) groups is 1. The molecule has 1 saturated carbocycles. The summed E-state index contributed by atoms with van der Waals surface area (Å²) in [4.78, 5) is 12.8. The average molecular weight is 367 g/mol. The molecule has 120 valence electrons. The third-order valence-corrected chi connectivity index (χ3v) is 5.90. The largest absolute Gasteiger partial charge is 0.377 e. The Morgan fingerprint density at radius 2 is 2.27 bits per heavy atom. The second-order valence-corrected chi connectivity index (χ2v) is 7.86. The second kappa shape index (κ2) is 5.62. The molecule has 4 nitrogen and oxygen atoms in total. The first-order chi connectivity index (χ1) is 10.4. The first kappa shape index (κ1) is 16.0. The van der Waals surface area contributed by atoms with Crippen LogP contribution < -0.4 is 11.1 Å². The summed E-state index contributed by atoms with van der Waals surface area (Å²) in [6.45, 7) is 5.35. The molecule has 0 bridgehead atoms. The lowest BCUT2D eigenvalue weighted by atomic mass is 9.46. The van der Waals surface area contributed by atoms with Crippen molar-refractivity contribution in [3.63, 3.8) is 0 Å². The fourth-order valence-electron chi connectivity index (χ4n) is 4.01. The number of carbonyl (C=O) groups excluding carboxylic acids is 1. The number of amides is 1. The fourth-order valence-corrected chi connectivity index (χ4v) is 4.46. The monoisotopic (exact) mass is 366 g/mol. The van der Waals surface area contributed by atoms with Crippen molar-refractivity contribution < 1.29 is 9.53 Å². The van der Waals surface area contributed by atoms with Gasteiger partial charge in [0.05, 0.1) is 6.10 Å². The van der Waals surface area contributed by atoms with E-state index >= 15 is 0 Å². The number of hydrogen-bond donors (Lipinski definition) is 2.